The van der Waals surface area contributed by atoms with Crippen molar-refractivity contribution < 1.29 is 4.79 Å². The predicted molar refractivity (Wildman–Crippen MR) is 106 cm³/mol. The van der Waals surface area contributed by atoms with E-state index in [0.29, 0.717) is 11.5 Å². The molecule has 3 rings (SSSR count). The molecule has 0 aliphatic carbocycles. The molecular weight excluding hydrogens is 330 g/mol. The average molecular weight is 353 g/mol. The molecule has 1 aliphatic heterocycles. The minimum Gasteiger partial charge on any atom is -0.368 e. The van der Waals surface area contributed by atoms with Crippen LogP contribution < -0.4 is 10.2 Å². The van der Waals surface area contributed by atoms with Gasteiger partial charge in [-0.05, 0) is 36.3 Å². The van der Waals surface area contributed by atoms with Crippen LogP contribution in [0.4, 0.5) is 5.69 Å². The molecule has 1 heterocycles. The lowest BCUT2D eigenvalue weighted by Crippen LogP contribution is -2.52. The fraction of sp³-hybridized carbons (Fsp3) is 0.300. The van der Waals surface area contributed by atoms with E-state index in [1.54, 1.807) is 0 Å². The fourth-order valence-electron chi connectivity index (χ4n) is 2.97. The molecule has 1 amide bonds. The maximum Gasteiger partial charge on any atom is 0.226 e. The van der Waals surface area contributed by atoms with Gasteiger partial charge in [0.05, 0.1) is 0 Å². The van der Waals surface area contributed by atoms with E-state index in [0.717, 1.165) is 32.6 Å². The number of rotatable bonds is 4. The third-order valence-electron chi connectivity index (χ3n) is 4.42. The summed E-state index contributed by atoms with van der Waals surface area (Å²) in [7, 11) is 0. The Balaban J connectivity index is 1.42. The number of hydrogen-bond acceptors (Lipinski definition) is 3. The van der Waals surface area contributed by atoms with Gasteiger partial charge in [0.25, 0.3) is 0 Å². The molecule has 0 aromatic heterocycles. The molecule has 1 aliphatic rings. The standard InChI is InChI=1S/C20H23N3OS/c24-19(12-11-17-7-3-1-4-8-17)21-20(25)23-15-13-22(14-16-23)18-9-5-2-6-10-18/h1-10H,11-16H2,(H,21,24,25). The first-order valence-electron chi connectivity index (χ1n) is 8.65. The highest BCUT2D eigenvalue weighted by atomic mass is 32.1. The van der Waals surface area contributed by atoms with Gasteiger partial charge < -0.3 is 15.1 Å². The number of thiocarbonyl (C=S) groups is 1. The summed E-state index contributed by atoms with van der Waals surface area (Å²) in [6.45, 7) is 3.47. The molecule has 1 saturated heterocycles. The monoisotopic (exact) mass is 353 g/mol. The van der Waals surface area contributed by atoms with Crippen LogP contribution in [-0.2, 0) is 11.2 Å². The Kier molecular flexibility index (Phi) is 6.01. The van der Waals surface area contributed by atoms with Gasteiger partial charge >= 0.3 is 0 Å². The smallest absolute Gasteiger partial charge is 0.226 e. The van der Waals surface area contributed by atoms with Crippen LogP contribution in [0.2, 0.25) is 0 Å². The van der Waals surface area contributed by atoms with Gasteiger partial charge in [-0.2, -0.15) is 0 Å². The third-order valence-corrected chi connectivity index (χ3v) is 4.78. The van der Waals surface area contributed by atoms with Crippen molar-refractivity contribution in [1.82, 2.24) is 10.2 Å². The van der Waals surface area contributed by atoms with E-state index >= 15 is 0 Å². The first-order valence-corrected chi connectivity index (χ1v) is 9.06. The molecule has 0 radical (unpaired) electrons. The summed E-state index contributed by atoms with van der Waals surface area (Å²) in [6, 6.07) is 20.4. The summed E-state index contributed by atoms with van der Waals surface area (Å²) < 4.78 is 0. The number of carbonyl (C=O) groups is 1. The van der Waals surface area contributed by atoms with Gasteiger partial charge in [0.2, 0.25) is 5.91 Å². The summed E-state index contributed by atoms with van der Waals surface area (Å²) in [5, 5.41) is 3.42. The quantitative estimate of drug-likeness (QED) is 0.858. The van der Waals surface area contributed by atoms with Crippen molar-refractivity contribution in [1.29, 1.82) is 0 Å². The van der Waals surface area contributed by atoms with Crippen LogP contribution >= 0.6 is 12.2 Å². The summed E-state index contributed by atoms with van der Waals surface area (Å²) >= 11 is 5.41. The number of para-hydroxylation sites is 1. The van der Waals surface area contributed by atoms with Crippen molar-refractivity contribution in [3.05, 3.63) is 66.2 Å². The topological polar surface area (TPSA) is 35.6 Å². The van der Waals surface area contributed by atoms with Crippen molar-refractivity contribution in [2.45, 2.75) is 12.8 Å². The lowest BCUT2D eigenvalue weighted by Gasteiger charge is -2.37. The second-order valence-corrected chi connectivity index (χ2v) is 6.54. The molecule has 1 fully saturated rings. The molecule has 0 unspecified atom stereocenters. The van der Waals surface area contributed by atoms with Crippen molar-refractivity contribution in [2.24, 2.45) is 0 Å². The van der Waals surface area contributed by atoms with Gasteiger partial charge in [-0.15, -0.1) is 0 Å². The van der Waals surface area contributed by atoms with Crippen LogP contribution in [0.15, 0.2) is 60.7 Å². The second kappa shape index (κ2) is 8.62. The Bertz CT molecular complexity index is 697. The van der Waals surface area contributed by atoms with Crippen molar-refractivity contribution in [3.63, 3.8) is 0 Å². The average Bonchev–Trinajstić information content (AvgIpc) is 2.68. The number of nitrogens with one attached hydrogen (secondary N) is 1. The van der Waals surface area contributed by atoms with Crippen molar-refractivity contribution in [2.75, 3.05) is 31.1 Å². The Hall–Kier alpha value is -2.40. The third kappa shape index (κ3) is 5.03. The van der Waals surface area contributed by atoms with Gasteiger partial charge in [0.1, 0.15) is 0 Å². The Morgan fingerprint density at radius 1 is 0.920 bits per heavy atom. The molecule has 0 atom stereocenters. The van der Waals surface area contributed by atoms with E-state index in [-0.39, 0.29) is 5.91 Å². The van der Waals surface area contributed by atoms with Gasteiger partial charge in [-0.25, -0.2) is 0 Å². The number of piperazine rings is 1. The van der Waals surface area contributed by atoms with Crippen LogP contribution in [-0.4, -0.2) is 42.1 Å². The minimum atomic E-state index is -0.0145. The molecule has 25 heavy (non-hydrogen) atoms. The highest BCUT2D eigenvalue weighted by molar-refractivity contribution is 7.80. The molecule has 4 nitrogen and oxygen atoms in total. The van der Waals surface area contributed by atoms with E-state index in [1.807, 2.05) is 36.4 Å². The summed E-state index contributed by atoms with van der Waals surface area (Å²) in [5.74, 6) is -0.0145. The largest absolute Gasteiger partial charge is 0.368 e. The summed E-state index contributed by atoms with van der Waals surface area (Å²) in [6.07, 6.45) is 1.19. The maximum atomic E-state index is 12.1. The van der Waals surface area contributed by atoms with Gasteiger partial charge in [-0.1, -0.05) is 48.5 Å². The lowest BCUT2D eigenvalue weighted by atomic mass is 10.1. The number of aryl methyl sites for hydroxylation is 1. The molecule has 130 valence electrons. The van der Waals surface area contributed by atoms with Crippen LogP contribution in [0, 0.1) is 0 Å². The van der Waals surface area contributed by atoms with E-state index in [2.05, 4.69) is 39.4 Å². The molecule has 0 spiro atoms. The minimum absolute atomic E-state index is 0.0145. The van der Waals surface area contributed by atoms with E-state index in [4.69, 9.17) is 12.2 Å². The number of benzene rings is 2. The van der Waals surface area contributed by atoms with Gasteiger partial charge in [-0.3, -0.25) is 4.79 Å². The first-order chi connectivity index (χ1) is 12.2. The van der Waals surface area contributed by atoms with E-state index in [1.165, 1.54) is 11.3 Å². The molecule has 1 N–H and O–H groups in total. The highest BCUT2D eigenvalue weighted by Gasteiger charge is 2.20. The zero-order valence-electron chi connectivity index (χ0n) is 14.2. The lowest BCUT2D eigenvalue weighted by molar-refractivity contribution is -0.119. The van der Waals surface area contributed by atoms with Gasteiger partial charge in [0.15, 0.2) is 5.11 Å². The zero-order chi connectivity index (χ0) is 17.5. The summed E-state index contributed by atoms with van der Waals surface area (Å²) in [4.78, 5) is 16.5. The zero-order valence-corrected chi connectivity index (χ0v) is 15.0. The van der Waals surface area contributed by atoms with Crippen molar-refractivity contribution >= 4 is 28.9 Å². The maximum absolute atomic E-state index is 12.1. The summed E-state index contributed by atoms with van der Waals surface area (Å²) in [5.41, 5.74) is 2.40. The number of anilines is 1. The van der Waals surface area contributed by atoms with E-state index in [9.17, 15) is 4.79 Å². The molecular formula is C20H23N3OS. The number of hydrogen-bond donors (Lipinski definition) is 1. The van der Waals surface area contributed by atoms with Crippen LogP contribution in [0.5, 0.6) is 0 Å². The van der Waals surface area contributed by atoms with Gasteiger partial charge in [0, 0.05) is 38.3 Å². The number of amides is 1. The second-order valence-electron chi connectivity index (χ2n) is 6.15. The predicted octanol–water partition coefficient (Wildman–Crippen LogP) is 2.84. The Morgan fingerprint density at radius 3 is 2.16 bits per heavy atom. The SMILES string of the molecule is O=C(CCc1ccccc1)NC(=S)N1CCN(c2ccccc2)CC1. The van der Waals surface area contributed by atoms with Crippen LogP contribution in [0.1, 0.15) is 12.0 Å². The highest BCUT2D eigenvalue weighted by Crippen LogP contribution is 2.15. The Labute approximate surface area is 154 Å². The van der Waals surface area contributed by atoms with E-state index < -0.39 is 0 Å². The number of nitrogens with zero attached hydrogens (tertiary/aromatic N) is 2. The fourth-order valence-corrected chi connectivity index (χ4v) is 3.27. The molecule has 2 aromatic carbocycles. The van der Waals surface area contributed by atoms with Crippen LogP contribution in [0.3, 0.4) is 0 Å². The molecule has 0 saturated carbocycles. The molecule has 5 heteroatoms. The molecule has 2 aromatic rings. The Morgan fingerprint density at radius 2 is 1.52 bits per heavy atom. The van der Waals surface area contributed by atoms with Crippen molar-refractivity contribution in [3.8, 4) is 0 Å². The molecule has 0 bridgehead atoms. The van der Waals surface area contributed by atoms with Crippen LogP contribution in [0.25, 0.3) is 0 Å². The first kappa shape index (κ1) is 17.4. The normalized spacial score (nSPS) is 14.2. The number of carbonyl (C=O) groups excluding carboxylic acids is 1.